The van der Waals surface area contributed by atoms with E-state index in [1.54, 1.807) is 0 Å². The number of aryl methyl sites for hydroxylation is 4. The van der Waals surface area contributed by atoms with Crippen molar-refractivity contribution in [3.63, 3.8) is 0 Å². The molecule has 1 aliphatic rings. The summed E-state index contributed by atoms with van der Waals surface area (Å²) in [6, 6.07) is 13.5. The van der Waals surface area contributed by atoms with Gasteiger partial charge in [-0.25, -0.2) is 4.70 Å². The first-order valence-corrected chi connectivity index (χ1v) is 23.9. The molecule has 1 heterocycles. The number of unbranched alkanes of at least 4 members (excludes halogenated alkanes) is 17. The van der Waals surface area contributed by atoms with Crippen LogP contribution in [0, 0.1) is 13.8 Å². The van der Waals surface area contributed by atoms with Gasteiger partial charge in [0.05, 0.1) is 0 Å². The van der Waals surface area contributed by atoms with Crippen LogP contribution >= 0.6 is 0 Å². The summed E-state index contributed by atoms with van der Waals surface area (Å²) in [6.07, 6.45) is 35.7. The Bertz CT molecular complexity index is 1320. The molecule has 1 aliphatic heterocycles. The molecule has 2 aromatic rings. The molecule has 0 saturated carbocycles. The molecule has 3 heteroatoms. The van der Waals surface area contributed by atoms with Crippen molar-refractivity contribution in [3.05, 3.63) is 87.0 Å². The van der Waals surface area contributed by atoms with Gasteiger partial charge in [-0.15, -0.1) is 0 Å². The quantitative estimate of drug-likeness (QED) is 0.0447. The maximum atomic E-state index is 11.4. The summed E-state index contributed by atoms with van der Waals surface area (Å²) in [4.78, 5) is 0. The summed E-state index contributed by atoms with van der Waals surface area (Å²) in [5.74, 6) is 0. The van der Waals surface area contributed by atoms with Gasteiger partial charge in [0.25, 0.3) is 0 Å². The van der Waals surface area contributed by atoms with Gasteiger partial charge in [-0.3, -0.25) is 0 Å². The summed E-state index contributed by atoms with van der Waals surface area (Å²) in [5.41, 5.74) is 22.0. The third-order valence-corrected chi connectivity index (χ3v) is 11.9. The van der Waals surface area contributed by atoms with Crippen LogP contribution in [0.4, 0.5) is 0 Å². The fourth-order valence-corrected chi connectivity index (χ4v) is 8.58. The summed E-state index contributed by atoms with van der Waals surface area (Å²) >= 11 is 2.02. The zero-order valence-corrected chi connectivity index (χ0v) is 36.8. The molecule has 0 aromatic heterocycles. The van der Waals surface area contributed by atoms with Crippen molar-refractivity contribution < 1.29 is 19.1 Å². The molecule has 2 aromatic carbocycles. The molecular weight excluding hydrogens is 687 g/mol. The molecule has 0 radical (unpaired) electrons. The van der Waals surface area contributed by atoms with E-state index >= 15 is 0 Å². The second kappa shape index (κ2) is 30.3. The molecule has 0 saturated heterocycles. The van der Waals surface area contributed by atoms with E-state index in [1.165, 1.54) is 172 Å². The number of benzene rings is 2. The number of hydrogen-bond donors (Lipinski definition) is 0. The van der Waals surface area contributed by atoms with Crippen molar-refractivity contribution in [1.29, 1.82) is 0 Å². The Balaban J connectivity index is 0.000000404. The predicted octanol–water partition coefficient (Wildman–Crippen LogP) is 17.2. The average molecular weight is 770 g/mol. The average Bonchev–Trinajstić information content (AvgIpc) is 3.48. The molecule has 2 nitrogen and oxygen atoms in total. The Morgan fingerprint density at radius 3 is 1.32 bits per heavy atom. The van der Waals surface area contributed by atoms with Crippen molar-refractivity contribution in [2.75, 3.05) is 0 Å². The fraction of sp³-hybridized carbons (Fsp3) is 0.680. The van der Waals surface area contributed by atoms with Crippen molar-refractivity contribution in [2.24, 2.45) is 0 Å². The molecule has 0 amide bonds. The van der Waals surface area contributed by atoms with Gasteiger partial charge in [-0.05, 0) is 87.8 Å². The molecule has 0 bridgehead atoms. The Morgan fingerprint density at radius 2 is 0.849 bits per heavy atom. The first-order chi connectivity index (χ1) is 25.9. The second-order valence-corrected chi connectivity index (χ2v) is 17.3. The third-order valence-electron chi connectivity index (χ3n) is 10.5. The van der Waals surface area contributed by atoms with Gasteiger partial charge in [0.2, 0.25) is 11.4 Å². The van der Waals surface area contributed by atoms with E-state index in [0.717, 1.165) is 54.6 Å². The molecule has 0 N–H and O–H groups in total. The van der Waals surface area contributed by atoms with Crippen LogP contribution in [0.5, 0.6) is 0 Å². The Kier molecular flexibility index (Phi) is 26.9. The minimum absolute atomic E-state index is 0.907. The van der Waals surface area contributed by atoms with E-state index in [1.807, 2.05) is 14.4 Å². The molecule has 3 rings (SSSR count). The number of nitrogens with zero attached hydrogens (tertiary/aromatic N) is 2. The normalized spacial score (nSPS) is 12.8. The van der Waals surface area contributed by atoms with E-state index in [0.29, 0.717) is 0 Å². The van der Waals surface area contributed by atoms with Gasteiger partial charge in [0.1, 0.15) is 0 Å². The van der Waals surface area contributed by atoms with E-state index in [9.17, 15) is 5.53 Å². The zero-order chi connectivity index (χ0) is 38.5. The van der Waals surface area contributed by atoms with E-state index in [4.69, 9.17) is 0 Å². The fourth-order valence-electron chi connectivity index (χ4n) is 7.35. The minimum atomic E-state index is 0.907. The first kappa shape index (κ1) is 47.2. The van der Waals surface area contributed by atoms with Gasteiger partial charge in [-0.2, -0.15) is 0 Å². The van der Waals surface area contributed by atoms with Crippen molar-refractivity contribution in [2.45, 2.75) is 220 Å². The molecule has 0 aliphatic carbocycles. The van der Waals surface area contributed by atoms with Crippen LogP contribution in [-0.2, 0) is 27.3 Å². The SMILES string of the molecule is CCCCC1=C(c2cc(C)cc(CCCC)c2)[N+](=[N-])C(c2cc(C)cc(CCCC)c2)=C1.CCCCCCCCC[CH2][Ni][CH2]CCCCCCCCC. The van der Waals surface area contributed by atoms with Crippen LogP contribution in [0.1, 0.15) is 216 Å². The zero-order valence-electron chi connectivity index (χ0n) is 35.8. The van der Waals surface area contributed by atoms with Crippen LogP contribution in [0.3, 0.4) is 0 Å². The predicted molar refractivity (Wildman–Crippen MR) is 232 cm³/mol. The van der Waals surface area contributed by atoms with Crippen LogP contribution in [0.2, 0.25) is 10.8 Å². The van der Waals surface area contributed by atoms with Gasteiger partial charge < -0.3 is 5.53 Å². The van der Waals surface area contributed by atoms with Crippen molar-refractivity contribution in [3.8, 4) is 0 Å². The van der Waals surface area contributed by atoms with Crippen LogP contribution in [0.15, 0.2) is 48.0 Å². The molecule has 53 heavy (non-hydrogen) atoms. The summed E-state index contributed by atoms with van der Waals surface area (Å²) < 4.78 is 1.46. The summed E-state index contributed by atoms with van der Waals surface area (Å²) in [7, 11) is 0. The summed E-state index contributed by atoms with van der Waals surface area (Å²) in [6.45, 7) is 15.6. The molecule has 0 spiro atoms. The molecular formula is C50H82N2Ni. The van der Waals surface area contributed by atoms with Crippen LogP contribution < -0.4 is 0 Å². The first-order valence-electron chi connectivity index (χ1n) is 22.5. The molecule has 0 fully saturated rings. The second-order valence-electron chi connectivity index (χ2n) is 15.9. The van der Waals surface area contributed by atoms with Crippen molar-refractivity contribution in [1.82, 2.24) is 0 Å². The van der Waals surface area contributed by atoms with Gasteiger partial charge in [0, 0.05) is 22.8 Å². The van der Waals surface area contributed by atoms with E-state index in [-0.39, 0.29) is 0 Å². The third kappa shape index (κ3) is 20.0. The van der Waals surface area contributed by atoms with E-state index < -0.39 is 0 Å². The summed E-state index contributed by atoms with van der Waals surface area (Å²) in [5, 5.41) is 2.86. The molecule has 0 unspecified atom stereocenters. The Morgan fingerprint density at radius 1 is 0.453 bits per heavy atom. The van der Waals surface area contributed by atoms with Crippen molar-refractivity contribution >= 4 is 11.4 Å². The Labute approximate surface area is 335 Å². The molecule has 0 atom stereocenters. The number of hydrogen-bond acceptors (Lipinski definition) is 0. The van der Waals surface area contributed by atoms with E-state index in [2.05, 4.69) is 90.9 Å². The van der Waals surface area contributed by atoms with Crippen LogP contribution in [-0.4, -0.2) is 4.70 Å². The number of rotatable bonds is 29. The Hall–Kier alpha value is -1.99. The van der Waals surface area contributed by atoms with Gasteiger partial charge in [0.15, 0.2) is 0 Å². The maximum absolute atomic E-state index is 11.4. The van der Waals surface area contributed by atoms with Gasteiger partial charge in [-0.1, -0.05) is 63.3 Å². The molecule has 302 valence electrons. The van der Waals surface area contributed by atoms with Crippen LogP contribution in [0.25, 0.3) is 16.9 Å². The standard InChI is InChI=1S/C30H40N2.2C10H21.Ni/c1-6-9-12-24-15-22(4)17-27(19-24)29-21-26(14-11-8-3)30(32(29)31)28-18-23(5)16-25(20-28)13-10-7-2;2*1-3-5-7-9-10-8-6-4-2;/h15-21H,6-14H2,1-5H3;2*1,3-10H2,2H3;. The number of allylic oxidation sites excluding steroid dienone is 2. The topological polar surface area (TPSA) is 25.3 Å². The monoisotopic (exact) mass is 769 g/mol. The van der Waals surface area contributed by atoms with Gasteiger partial charge >= 0.3 is 142 Å².